The Morgan fingerprint density at radius 1 is 1.13 bits per heavy atom. The van der Waals surface area contributed by atoms with Gasteiger partial charge in [-0.15, -0.1) is 0 Å². The minimum Gasteiger partial charge on any atom is -0.394 e. The lowest BCUT2D eigenvalue weighted by molar-refractivity contribution is -0.299. The van der Waals surface area contributed by atoms with Gasteiger partial charge in [0.25, 0.3) is 0 Å². The second-order valence-corrected chi connectivity index (χ2v) is 3.74. The van der Waals surface area contributed by atoms with Crippen molar-refractivity contribution < 1.29 is 29.9 Å². The molecule has 0 aliphatic carbocycles. The summed E-state index contributed by atoms with van der Waals surface area (Å²) in [4.78, 5) is 0. The van der Waals surface area contributed by atoms with Gasteiger partial charge in [0, 0.05) is 5.75 Å². The summed E-state index contributed by atoms with van der Waals surface area (Å²) in [5, 5.41) is 37.2. The molecule has 0 bridgehead atoms. The van der Waals surface area contributed by atoms with Gasteiger partial charge in [0.1, 0.15) is 24.4 Å². The number of ether oxygens (including phenoxy) is 2. The highest BCUT2D eigenvalue weighted by atomic mass is 32.1. The van der Waals surface area contributed by atoms with Crippen LogP contribution in [-0.4, -0.2) is 70.1 Å². The van der Waals surface area contributed by atoms with Crippen LogP contribution < -0.4 is 0 Å². The van der Waals surface area contributed by atoms with E-state index in [0.29, 0.717) is 5.75 Å². The van der Waals surface area contributed by atoms with Crippen LogP contribution in [0.4, 0.5) is 0 Å². The molecule has 1 rings (SSSR count). The molecule has 0 aromatic rings. The predicted octanol–water partition coefficient (Wildman–Crippen LogP) is -2.27. The highest BCUT2D eigenvalue weighted by Crippen LogP contribution is 2.21. The molecule has 0 aromatic heterocycles. The van der Waals surface area contributed by atoms with Crippen molar-refractivity contribution >= 4 is 12.6 Å². The SMILES string of the molecule is OCC1O[C@H](OCCS)C(O)[C@@H](O)[C@H]1O. The van der Waals surface area contributed by atoms with Gasteiger partial charge in [-0.05, 0) is 0 Å². The van der Waals surface area contributed by atoms with Gasteiger partial charge < -0.3 is 29.9 Å². The molecule has 6 nitrogen and oxygen atoms in total. The van der Waals surface area contributed by atoms with E-state index in [4.69, 9.17) is 14.6 Å². The van der Waals surface area contributed by atoms with E-state index < -0.39 is 37.3 Å². The van der Waals surface area contributed by atoms with Crippen LogP contribution in [0, 0.1) is 0 Å². The van der Waals surface area contributed by atoms with Crippen molar-refractivity contribution in [1.82, 2.24) is 0 Å². The summed E-state index contributed by atoms with van der Waals surface area (Å²) < 4.78 is 10.1. The molecule has 90 valence electrons. The number of hydrogen-bond donors (Lipinski definition) is 5. The topological polar surface area (TPSA) is 99.4 Å². The maximum Gasteiger partial charge on any atom is 0.186 e. The first-order chi connectivity index (χ1) is 7.11. The molecule has 1 saturated heterocycles. The number of aliphatic hydroxyl groups is 4. The van der Waals surface area contributed by atoms with Crippen LogP contribution >= 0.6 is 12.6 Å². The lowest BCUT2D eigenvalue weighted by Gasteiger charge is -2.39. The maximum atomic E-state index is 9.48. The van der Waals surface area contributed by atoms with E-state index in [1.54, 1.807) is 0 Å². The third kappa shape index (κ3) is 3.04. The summed E-state index contributed by atoms with van der Waals surface area (Å²) in [6.45, 7) is -0.211. The van der Waals surface area contributed by atoms with Gasteiger partial charge in [-0.25, -0.2) is 0 Å². The highest BCUT2D eigenvalue weighted by Gasteiger charge is 2.43. The molecular formula is C8H16O6S. The number of rotatable bonds is 4. The number of aliphatic hydroxyl groups excluding tert-OH is 4. The van der Waals surface area contributed by atoms with Gasteiger partial charge in [0.2, 0.25) is 0 Å². The summed E-state index contributed by atoms with van der Waals surface area (Å²) in [5.41, 5.74) is 0. The Hall–Kier alpha value is 0.110. The molecular weight excluding hydrogens is 224 g/mol. The van der Waals surface area contributed by atoms with Crippen molar-refractivity contribution in [1.29, 1.82) is 0 Å². The Morgan fingerprint density at radius 2 is 1.80 bits per heavy atom. The zero-order chi connectivity index (χ0) is 11.4. The van der Waals surface area contributed by atoms with Gasteiger partial charge in [0.05, 0.1) is 13.2 Å². The quantitative estimate of drug-likeness (QED) is 0.355. The van der Waals surface area contributed by atoms with Gasteiger partial charge in [0.15, 0.2) is 6.29 Å². The highest BCUT2D eigenvalue weighted by molar-refractivity contribution is 7.80. The van der Waals surface area contributed by atoms with Crippen LogP contribution in [0.3, 0.4) is 0 Å². The van der Waals surface area contributed by atoms with Crippen molar-refractivity contribution in [2.45, 2.75) is 30.7 Å². The zero-order valence-electron chi connectivity index (χ0n) is 8.06. The fourth-order valence-electron chi connectivity index (χ4n) is 1.37. The molecule has 1 aliphatic heterocycles. The predicted molar refractivity (Wildman–Crippen MR) is 53.6 cm³/mol. The van der Waals surface area contributed by atoms with E-state index in [-0.39, 0.29) is 6.61 Å². The Balaban J connectivity index is 2.57. The zero-order valence-corrected chi connectivity index (χ0v) is 8.96. The second kappa shape index (κ2) is 6.00. The Morgan fingerprint density at radius 3 is 2.33 bits per heavy atom. The first-order valence-corrected chi connectivity index (χ1v) is 5.28. The first-order valence-electron chi connectivity index (χ1n) is 4.64. The maximum absolute atomic E-state index is 9.48. The molecule has 1 aliphatic rings. The van der Waals surface area contributed by atoms with Crippen molar-refractivity contribution in [3.63, 3.8) is 0 Å². The molecule has 0 amide bonds. The lowest BCUT2D eigenvalue weighted by Crippen LogP contribution is -2.59. The molecule has 5 atom stereocenters. The van der Waals surface area contributed by atoms with Crippen molar-refractivity contribution in [3.05, 3.63) is 0 Å². The van der Waals surface area contributed by atoms with E-state index in [2.05, 4.69) is 12.6 Å². The smallest absolute Gasteiger partial charge is 0.186 e. The summed E-state index contributed by atoms with van der Waals surface area (Å²) in [6, 6.07) is 0. The average molecular weight is 240 g/mol. The minimum atomic E-state index is -1.39. The largest absolute Gasteiger partial charge is 0.394 e. The van der Waals surface area contributed by atoms with E-state index in [9.17, 15) is 15.3 Å². The van der Waals surface area contributed by atoms with E-state index in [1.807, 2.05) is 0 Å². The van der Waals surface area contributed by atoms with Crippen LogP contribution in [0.1, 0.15) is 0 Å². The molecule has 1 fully saturated rings. The average Bonchev–Trinajstić information content (AvgIpc) is 2.25. The Bertz CT molecular complexity index is 190. The van der Waals surface area contributed by atoms with Crippen LogP contribution in [0.5, 0.6) is 0 Å². The van der Waals surface area contributed by atoms with Crippen LogP contribution in [0.15, 0.2) is 0 Å². The Kier molecular flexibility index (Phi) is 5.27. The standard InChI is InChI=1S/C8H16O6S/c9-3-4-5(10)6(11)7(12)8(14-4)13-1-2-15/h4-12,15H,1-3H2/t4?,5-,6-,7?,8-/m0/s1. The fourth-order valence-corrected chi connectivity index (χ4v) is 1.48. The summed E-state index contributed by atoms with van der Waals surface area (Å²) in [7, 11) is 0. The van der Waals surface area contributed by atoms with Gasteiger partial charge >= 0.3 is 0 Å². The second-order valence-electron chi connectivity index (χ2n) is 3.29. The van der Waals surface area contributed by atoms with Gasteiger partial charge in [-0.1, -0.05) is 0 Å². The lowest BCUT2D eigenvalue weighted by atomic mass is 9.99. The number of thiol groups is 1. The summed E-state index contributed by atoms with van der Waals surface area (Å²) >= 11 is 3.91. The third-order valence-electron chi connectivity index (χ3n) is 2.22. The first kappa shape index (κ1) is 13.2. The summed E-state index contributed by atoms with van der Waals surface area (Å²) in [6.07, 6.45) is -6.04. The monoisotopic (exact) mass is 240 g/mol. The van der Waals surface area contributed by atoms with Crippen molar-refractivity contribution in [2.75, 3.05) is 19.0 Å². The molecule has 0 radical (unpaired) electrons. The van der Waals surface area contributed by atoms with Crippen LogP contribution in [-0.2, 0) is 9.47 Å². The molecule has 1 heterocycles. The molecule has 0 saturated carbocycles. The van der Waals surface area contributed by atoms with E-state index in [1.165, 1.54) is 0 Å². The van der Waals surface area contributed by atoms with Crippen LogP contribution in [0.25, 0.3) is 0 Å². The Labute approximate surface area is 92.8 Å². The third-order valence-corrected chi connectivity index (χ3v) is 2.40. The molecule has 7 heteroatoms. The van der Waals surface area contributed by atoms with Gasteiger partial charge in [-0.2, -0.15) is 12.6 Å². The molecule has 15 heavy (non-hydrogen) atoms. The fraction of sp³-hybridized carbons (Fsp3) is 1.00. The van der Waals surface area contributed by atoms with E-state index >= 15 is 0 Å². The molecule has 2 unspecified atom stereocenters. The summed E-state index contributed by atoms with van der Waals surface area (Å²) in [5.74, 6) is 0.440. The van der Waals surface area contributed by atoms with E-state index in [0.717, 1.165) is 0 Å². The van der Waals surface area contributed by atoms with Crippen LogP contribution in [0.2, 0.25) is 0 Å². The molecule has 0 aromatic carbocycles. The minimum absolute atomic E-state index is 0.242. The van der Waals surface area contributed by atoms with Gasteiger partial charge in [-0.3, -0.25) is 0 Å². The molecule has 0 spiro atoms. The number of hydrogen-bond acceptors (Lipinski definition) is 7. The molecule has 4 N–H and O–H groups in total. The normalized spacial score (nSPS) is 41.8. The van der Waals surface area contributed by atoms with Crippen molar-refractivity contribution in [2.24, 2.45) is 0 Å². The van der Waals surface area contributed by atoms with Crippen molar-refractivity contribution in [3.8, 4) is 0 Å².